The van der Waals surface area contributed by atoms with Crippen molar-refractivity contribution in [2.24, 2.45) is 5.73 Å². The van der Waals surface area contributed by atoms with Gasteiger partial charge in [0.2, 0.25) is 0 Å². The molecule has 1 aromatic carbocycles. The zero-order chi connectivity index (χ0) is 10.7. The Morgan fingerprint density at radius 2 is 1.86 bits per heavy atom. The molecule has 14 heavy (non-hydrogen) atoms. The topological polar surface area (TPSA) is 83.5 Å². The molecule has 0 heterocycles. The molecule has 4 N–H and O–H groups in total. The van der Waals surface area contributed by atoms with Crippen LogP contribution in [0.5, 0.6) is 0 Å². The van der Waals surface area contributed by atoms with Gasteiger partial charge in [0.25, 0.3) is 0 Å². The molecule has 0 bridgehead atoms. The third kappa shape index (κ3) is 2.31. The van der Waals surface area contributed by atoms with Crippen LogP contribution in [-0.4, -0.2) is 22.3 Å². The number of hydrogen-bond acceptors (Lipinski definition) is 3. The monoisotopic (exact) mass is 195 g/mol. The molecule has 0 saturated carbocycles. The number of aliphatic hydroxyl groups is 1. The number of rotatable bonds is 3. The average Bonchev–Trinajstić information content (AvgIpc) is 2.16. The molecular formula is C10H13NO3. The van der Waals surface area contributed by atoms with Crippen LogP contribution in [0, 0.1) is 6.92 Å². The lowest BCUT2D eigenvalue weighted by atomic mass is 10.0. The molecule has 0 aromatic heterocycles. The summed E-state index contributed by atoms with van der Waals surface area (Å²) in [6.07, 6.45) is -1.56. The first kappa shape index (κ1) is 10.7. The third-order valence-corrected chi connectivity index (χ3v) is 2.06. The van der Waals surface area contributed by atoms with Crippen LogP contribution in [0.2, 0.25) is 0 Å². The molecule has 4 nitrogen and oxygen atoms in total. The van der Waals surface area contributed by atoms with Crippen molar-refractivity contribution >= 4 is 5.97 Å². The van der Waals surface area contributed by atoms with Crippen LogP contribution >= 0.6 is 0 Å². The van der Waals surface area contributed by atoms with Gasteiger partial charge in [-0.15, -0.1) is 0 Å². The largest absolute Gasteiger partial charge is 0.479 e. The van der Waals surface area contributed by atoms with Crippen LogP contribution in [0.1, 0.15) is 17.2 Å². The Morgan fingerprint density at radius 1 is 1.36 bits per heavy atom. The molecular weight excluding hydrogens is 182 g/mol. The van der Waals surface area contributed by atoms with Crippen molar-refractivity contribution in [3.63, 3.8) is 0 Å². The number of carbonyl (C=O) groups is 1. The van der Waals surface area contributed by atoms with Crippen LogP contribution in [0.15, 0.2) is 24.3 Å². The van der Waals surface area contributed by atoms with Crippen LogP contribution in [0.25, 0.3) is 0 Å². The maximum absolute atomic E-state index is 10.5. The second kappa shape index (κ2) is 4.21. The highest BCUT2D eigenvalue weighted by Gasteiger charge is 2.23. The van der Waals surface area contributed by atoms with Crippen molar-refractivity contribution in [3.8, 4) is 0 Å². The van der Waals surface area contributed by atoms with Crippen molar-refractivity contribution in [1.82, 2.24) is 0 Å². The molecule has 0 fully saturated rings. The third-order valence-electron chi connectivity index (χ3n) is 2.06. The van der Waals surface area contributed by atoms with E-state index in [2.05, 4.69) is 0 Å². The smallest absolute Gasteiger partial charge is 0.334 e. The minimum atomic E-state index is -1.56. The van der Waals surface area contributed by atoms with Gasteiger partial charge in [0.1, 0.15) is 0 Å². The Kier molecular flexibility index (Phi) is 3.22. The van der Waals surface area contributed by atoms with Gasteiger partial charge in [-0.3, -0.25) is 0 Å². The molecule has 0 aliphatic heterocycles. The van der Waals surface area contributed by atoms with E-state index in [4.69, 9.17) is 10.8 Å². The molecule has 1 rings (SSSR count). The van der Waals surface area contributed by atoms with Gasteiger partial charge in [-0.2, -0.15) is 0 Å². The van der Waals surface area contributed by atoms with E-state index < -0.39 is 18.1 Å². The second-order valence-corrected chi connectivity index (χ2v) is 3.22. The Morgan fingerprint density at radius 3 is 2.29 bits per heavy atom. The SMILES string of the molecule is Cc1ccc(C(N)C(O)C(=O)O)cc1. The summed E-state index contributed by atoms with van der Waals surface area (Å²) in [4.78, 5) is 10.5. The van der Waals surface area contributed by atoms with Crippen LogP contribution < -0.4 is 5.73 Å². The molecule has 0 saturated heterocycles. The number of hydrogen-bond donors (Lipinski definition) is 3. The van der Waals surface area contributed by atoms with Crippen molar-refractivity contribution < 1.29 is 15.0 Å². The molecule has 0 aliphatic rings. The number of benzene rings is 1. The van der Waals surface area contributed by atoms with Gasteiger partial charge in [-0.25, -0.2) is 4.79 Å². The van der Waals surface area contributed by atoms with Crippen molar-refractivity contribution in [1.29, 1.82) is 0 Å². The first-order chi connectivity index (χ1) is 6.52. The van der Waals surface area contributed by atoms with E-state index >= 15 is 0 Å². The summed E-state index contributed by atoms with van der Waals surface area (Å²) in [6.45, 7) is 1.92. The lowest BCUT2D eigenvalue weighted by Gasteiger charge is -2.15. The number of aryl methyl sites for hydroxylation is 1. The lowest BCUT2D eigenvalue weighted by molar-refractivity contribution is -0.147. The normalized spacial score (nSPS) is 14.8. The fourth-order valence-corrected chi connectivity index (χ4v) is 1.12. The Balaban J connectivity index is 2.84. The van der Waals surface area contributed by atoms with E-state index in [1.165, 1.54) is 0 Å². The maximum atomic E-state index is 10.5. The molecule has 0 amide bonds. The molecule has 0 spiro atoms. The highest BCUT2D eigenvalue weighted by atomic mass is 16.4. The Hall–Kier alpha value is -1.39. The van der Waals surface area contributed by atoms with Gasteiger partial charge < -0.3 is 15.9 Å². The van der Waals surface area contributed by atoms with E-state index in [-0.39, 0.29) is 0 Å². The summed E-state index contributed by atoms with van der Waals surface area (Å²) < 4.78 is 0. The predicted molar refractivity (Wildman–Crippen MR) is 51.8 cm³/mol. The van der Waals surface area contributed by atoms with Crippen LogP contribution in [0.3, 0.4) is 0 Å². The highest BCUT2D eigenvalue weighted by Crippen LogP contribution is 2.14. The van der Waals surface area contributed by atoms with Crippen molar-refractivity contribution in [3.05, 3.63) is 35.4 Å². The summed E-state index contributed by atoms with van der Waals surface area (Å²) in [5, 5.41) is 17.7. The fraction of sp³-hybridized carbons (Fsp3) is 0.300. The molecule has 2 atom stereocenters. The summed E-state index contributed by atoms with van der Waals surface area (Å²) in [7, 11) is 0. The molecule has 0 radical (unpaired) electrons. The maximum Gasteiger partial charge on any atom is 0.334 e. The standard InChI is InChI=1S/C10H13NO3/c1-6-2-4-7(5-3-6)8(11)9(12)10(13)14/h2-5,8-9,12H,11H2,1H3,(H,13,14). The first-order valence-corrected chi connectivity index (χ1v) is 4.25. The van der Waals surface area contributed by atoms with Crippen LogP contribution in [-0.2, 0) is 4.79 Å². The van der Waals surface area contributed by atoms with Gasteiger partial charge in [-0.05, 0) is 12.5 Å². The zero-order valence-corrected chi connectivity index (χ0v) is 7.84. The number of carboxylic acid groups (broad SMARTS) is 1. The average molecular weight is 195 g/mol. The van der Waals surface area contributed by atoms with Crippen molar-refractivity contribution in [2.45, 2.75) is 19.1 Å². The number of aliphatic hydroxyl groups excluding tert-OH is 1. The number of nitrogens with two attached hydrogens (primary N) is 1. The Labute approximate surface area is 82.0 Å². The van der Waals surface area contributed by atoms with Crippen molar-refractivity contribution in [2.75, 3.05) is 0 Å². The number of aliphatic carboxylic acids is 1. The minimum absolute atomic E-state index is 0.616. The predicted octanol–water partition coefficient (Wildman–Crippen LogP) is 0.440. The lowest BCUT2D eigenvalue weighted by Crippen LogP contribution is -2.33. The van der Waals surface area contributed by atoms with E-state index in [1.807, 2.05) is 19.1 Å². The minimum Gasteiger partial charge on any atom is -0.479 e. The molecule has 76 valence electrons. The summed E-state index contributed by atoms with van der Waals surface area (Å²) in [5.41, 5.74) is 7.24. The van der Waals surface area contributed by atoms with E-state index in [0.717, 1.165) is 5.56 Å². The quantitative estimate of drug-likeness (QED) is 0.653. The summed E-state index contributed by atoms with van der Waals surface area (Å²) in [5.74, 6) is -1.31. The molecule has 1 aromatic rings. The van der Waals surface area contributed by atoms with E-state index in [1.54, 1.807) is 12.1 Å². The van der Waals surface area contributed by atoms with Gasteiger partial charge in [0, 0.05) is 0 Å². The van der Waals surface area contributed by atoms with Gasteiger partial charge in [0.15, 0.2) is 6.10 Å². The number of carboxylic acids is 1. The first-order valence-electron chi connectivity index (χ1n) is 4.25. The fourth-order valence-electron chi connectivity index (χ4n) is 1.12. The van der Waals surface area contributed by atoms with Gasteiger partial charge in [0.05, 0.1) is 6.04 Å². The molecule has 0 aliphatic carbocycles. The zero-order valence-electron chi connectivity index (χ0n) is 7.84. The Bertz CT molecular complexity index is 321. The van der Waals surface area contributed by atoms with E-state index in [0.29, 0.717) is 5.56 Å². The molecule has 2 unspecified atom stereocenters. The highest BCUT2D eigenvalue weighted by molar-refractivity contribution is 5.73. The summed E-state index contributed by atoms with van der Waals surface area (Å²) >= 11 is 0. The van der Waals surface area contributed by atoms with Gasteiger partial charge in [-0.1, -0.05) is 29.8 Å². The van der Waals surface area contributed by atoms with Crippen LogP contribution in [0.4, 0.5) is 0 Å². The molecule has 4 heteroatoms. The summed E-state index contributed by atoms with van der Waals surface area (Å²) in [6, 6.07) is 6.19. The second-order valence-electron chi connectivity index (χ2n) is 3.22. The van der Waals surface area contributed by atoms with E-state index in [9.17, 15) is 9.90 Å². The van der Waals surface area contributed by atoms with Gasteiger partial charge >= 0.3 is 5.97 Å².